The summed E-state index contributed by atoms with van der Waals surface area (Å²) < 4.78 is 5.97. The number of nitrogens with one attached hydrogen (secondary N) is 1. The molecule has 0 fully saturated rings. The minimum absolute atomic E-state index is 0.676. The first-order valence-corrected chi connectivity index (χ1v) is 7.31. The smallest absolute Gasteiger partial charge is 0.120 e. The van der Waals surface area contributed by atoms with Gasteiger partial charge in [0, 0.05) is 13.1 Å². The Morgan fingerprint density at radius 1 is 1.37 bits per heavy atom. The molecule has 0 bridgehead atoms. The number of furan rings is 1. The lowest BCUT2D eigenvalue weighted by Gasteiger charge is -2.21. The lowest BCUT2D eigenvalue weighted by atomic mass is 10.2. The van der Waals surface area contributed by atoms with E-state index in [1.807, 2.05) is 0 Å². The fraction of sp³-hybridized carbons (Fsp3) is 0.625. The summed E-state index contributed by atoms with van der Waals surface area (Å²) in [4.78, 5) is 2.42. The van der Waals surface area contributed by atoms with E-state index >= 15 is 0 Å². The van der Waals surface area contributed by atoms with Gasteiger partial charge in [-0.3, -0.25) is 4.90 Å². The van der Waals surface area contributed by atoms with Crippen molar-refractivity contribution in [2.45, 2.75) is 40.3 Å². The lowest BCUT2D eigenvalue weighted by molar-refractivity contribution is 0.261. The molecule has 0 aliphatic carbocycles. The van der Waals surface area contributed by atoms with Gasteiger partial charge in [-0.05, 0) is 37.4 Å². The maximum atomic E-state index is 5.97. The van der Waals surface area contributed by atoms with Gasteiger partial charge in [0.25, 0.3) is 0 Å². The van der Waals surface area contributed by atoms with Crippen molar-refractivity contribution in [3.8, 4) is 0 Å². The molecule has 1 aliphatic heterocycles. The fourth-order valence-corrected chi connectivity index (χ4v) is 2.37. The van der Waals surface area contributed by atoms with E-state index in [2.05, 4.69) is 49.2 Å². The standard InChI is InChI=1S/C16H26N2O/c1-13(2)10-17-11-16-14(3)9-15(19-16)12-18-7-5-4-6-8-18/h4-5,9,13,17H,6-8,10-12H2,1-3H3. The van der Waals surface area contributed by atoms with Crippen LogP contribution in [0.4, 0.5) is 0 Å². The van der Waals surface area contributed by atoms with Crippen LogP contribution >= 0.6 is 0 Å². The predicted octanol–water partition coefficient (Wildman–Crippen LogP) is 3.10. The third kappa shape index (κ3) is 4.51. The van der Waals surface area contributed by atoms with Gasteiger partial charge in [-0.25, -0.2) is 0 Å². The summed E-state index contributed by atoms with van der Waals surface area (Å²) in [6.45, 7) is 11.5. The lowest BCUT2D eigenvalue weighted by Crippen LogP contribution is -2.26. The number of aryl methyl sites for hydroxylation is 1. The van der Waals surface area contributed by atoms with Crippen LogP contribution in [0.2, 0.25) is 0 Å². The van der Waals surface area contributed by atoms with Crippen molar-refractivity contribution in [3.05, 3.63) is 35.3 Å². The van der Waals surface area contributed by atoms with E-state index < -0.39 is 0 Å². The van der Waals surface area contributed by atoms with Crippen LogP contribution in [0, 0.1) is 12.8 Å². The zero-order valence-corrected chi connectivity index (χ0v) is 12.4. The SMILES string of the molecule is Cc1cc(CN2CC=CCC2)oc1CNCC(C)C. The van der Waals surface area contributed by atoms with Gasteiger partial charge in [-0.2, -0.15) is 0 Å². The van der Waals surface area contributed by atoms with Crippen LogP contribution in [0.15, 0.2) is 22.6 Å². The molecule has 1 aromatic heterocycles. The van der Waals surface area contributed by atoms with Gasteiger partial charge in [0.05, 0.1) is 13.1 Å². The van der Waals surface area contributed by atoms with Crippen molar-refractivity contribution in [2.75, 3.05) is 19.6 Å². The minimum Gasteiger partial charge on any atom is -0.463 e. The fourth-order valence-electron chi connectivity index (χ4n) is 2.37. The van der Waals surface area contributed by atoms with Gasteiger partial charge in [0.15, 0.2) is 0 Å². The second-order valence-corrected chi connectivity index (χ2v) is 5.84. The summed E-state index contributed by atoms with van der Waals surface area (Å²) in [6, 6.07) is 2.19. The Morgan fingerprint density at radius 2 is 2.21 bits per heavy atom. The summed E-state index contributed by atoms with van der Waals surface area (Å²) in [5.41, 5.74) is 1.26. The van der Waals surface area contributed by atoms with E-state index in [0.29, 0.717) is 5.92 Å². The first-order chi connectivity index (χ1) is 9.15. The Bertz CT molecular complexity index is 420. The number of hydrogen-bond donors (Lipinski definition) is 1. The van der Waals surface area contributed by atoms with Gasteiger partial charge in [0.1, 0.15) is 11.5 Å². The van der Waals surface area contributed by atoms with Crippen LogP contribution < -0.4 is 5.32 Å². The monoisotopic (exact) mass is 262 g/mol. The van der Waals surface area contributed by atoms with Crippen LogP contribution in [-0.2, 0) is 13.1 Å². The molecular formula is C16H26N2O. The maximum Gasteiger partial charge on any atom is 0.120 e. The van der Waals surface area contributed by atoms with Gasteiger partial charge in [-0.1, -0.05) is 26.0 Å². The topological polar surface area (TPSA) is 28.4 Å². The van der Waals surface area contributed by atoms with Crippen LogP contribution in [0.5, 0.6) is 0 Å². The van der Waals surface area contributed by atoms with Crippen LogP contribution in [0.25, 0.3) is 0 Å². The summed E-state index contributed by atoms with van der Waals surface area (Å²) in [6.07, 6.45) is 5.65. The molecule has 0 amide bonds. The van der Waals surface area contributed by atoms with Gasteiger partial charge in [-0.15, -0.1) is 0 Å². The molecule has 106 valence electrons. The maximum absolute atomic E-state index is 5.97. The van der Waals surface area contributed by atoms with E-state index in [-0.39, 0.29) is 0 Å². The summed E-state index contributed by atoms with van der Waals surface area (Å²) >= 11 is 0. The summed E-state index contributed by atoms with van der Waals surface area (Å²) in [7, 11) is 0. The summed E-state index contributed by atoms with van der Waals surface area (Å²) in [5.74, 6) is 2.85. The second kappa shape index (κ2) is 6.92. The average molecular weight is 262 g/mol. The molecule has 3 nitrogen and oxygen atoms in total. The molecule has 19 heavy (non-hydrogen) atoms. The molecule has 0 saturated heterocycles. The molecule has 0 unspecified atom stereocenters. The van der Waals surface area contributed by atoms with E-state index in [1.54, 1.807) is 0 Å². The summed E-state index contributed by atoms with van der Waals surface area (Å²) in [5, 5.41) is 3.44. The molecule has 3 heteroatoms. The van der Waals surface area contributed by atoms with Crippen molar-refractivity contribution >= 4 is 0 Å². The quantitative estimate of drug-likeness (QED) is 0.799. The Morgan fingerprint density at radius 3 is 2.89 bits per heavy atom. The molecule has 0 radical (unpaired) electrons. The molecule has 0 atom stereocenters. The number of nitrogens with zero attached hydrogens (tertiary/aromatic N) is 1. The third-order valence-corrected chi connectivity index (χ3v) is 3.43. The van der Waals surface area contributed by atoms with Crippen molar-refractivity contribution in [2.24, 2.45) is 5.92 Å². The van der Waals surface area contributed by atoms with Crippen LogP contribution in [0.3, 0.4) is 0 Å². The molecule has 0 aromatic carbocycles. The van der Waals surface area contributed by atoms with Crippen molar-refractivity contribution in [1.29, 1.82) is 0 Å². The Labute approximate surface area is 116 Å². The average Bonchev–Trinajstić information content (AvgIpc) is 2.70. The largest absolute Gasteiger partial charge is 0.463 e. The Hall–Kier alpha value is -1.06. The van der Waals surface area contributed by atoms with Crippen molar-refractivity contribution in [1.82, 2.24) is 10.2 Å². The van der Waals surface area contributed by atoms with Crippen LogP contribution in [-0.4, -0.2) is 24.5 Å². The molecule has 1 aliphatic rings. The number of rotatable bonds is 6. The van der Waals surface area contributed by atoms with E-state index in [9.17, 15) is 0 Å². The van der Waals surface area contributed by atoms with E-state index in [4.69, 9.17) is 4.42 Å². The molecule has 2 rings (SSSR count). The minimum atomic E-state index is 0.676. The van der Waals surface area contributed by atoms with E-state index in [0.717, 1.165) is 50.7 Å². The van der Waals surface area contributed by atoms with Crippen molar-refractivity contribution < 1.29 is 4.42 Å². The van der Waals surface area contributed by atoms with Gasteiger partial charge < -0.3 is 9.73 Å². The van der Waals surface area contributed by atoms with Crippen molar-refractivity contribution in [3.63, 3.8) is 0 Å². The molecule has 0 spiro atoms. The highest BCUT2D eigenvalue weighted by Crippen LogP contribution is 2.17. The Balaban J connectivity index is 1.86. The first kappa shape index (κ1) is 14.4. The molecule has 1 N–H and O–H groups in total. The third-order valence-electron chi connectivity index (χ3n) is 3.43. The van der Waals surface area contributed by atoms with Gasteiger partial charge in [0.2, 0.25) is 0 Å². The normalized spacial score (nSPS) is 16.4. The zero-order valence-electron chi connectivity index (χ0n) is 12.4. The molecule has 2 heterocycles. The van der Waals surface area contributed by atoms with Gasteiger partial charge >= 0.3 is 0 Å². The predicted molar refractivity (Wildman–Crippen MR) is 79.0 cm³/mol. The highest BCUT2D eigenvalue weighted by atomic mass is 16.3. The Kier molecular flexibility index (Phi) is 5.23. The highest BCUT2D eigenvalue weighted by Gasteiger charge is 2.12. The second-order valence-electron chi connectivity index (χ2n) is 5.84. The molecule has 1 aromatic rings. The number of hydrogen-bond acceptors (Lipinski definition) is 3. The van der Waals surface area contributed by atoms with Crippen LogP contribution in [0.1, 0.15) is 37.4 Å². The molecule has 0 saturated carbocycles. The highest BCUT2D eigenvalue weighted by molar-refractivity contribution is 5.20. The van der Waals surface area contributed by atoms with E-state index in [1.165, 1.54) is 5.56 Å². The molecular weight excluding hydrogens is 236 g/mol. The first-order valence-electron chi connectivity index (χ1n) is 7.31. The zero-order chi connectivity index (χ0) is 13.7.